The summed E-state index contributed by atoms with van der Waals surface area (Å²) in [7, 11) is 0. The first kappa shape index (κ1) is 8.72. The number of hydrogen-bond donors (Lipinski definition) is 1. The number of aromatic amines is 1. The van der Waals surface area contributed by atoms with Crippen LogP contribution >= 0.6 is 24.0 Å². The third-order valence-electron chi connectivity index (χ3n) is 0.818. The Morgan fingerprint density at radius 3 is 2.89 bits per heavy atom. The summed E-state index contributed by atoms with van der Waals surface area (Å²) in [5.41, 5.74) is 0.917. The van der Waals surface area contributed by atoms with E-state index in [0.29, 0.717) is 5.88 Å². The highest BCUT2D eigenvalue weighted by molar-refractivity contribution is 6.17. The van der Waals surface area contributed by atoms with Crippen molar-refractivity contribution in [1.82, 2.24) is 15.4 Å². The average Bonchev–Trinajstić information content (AvgIpc) is 2.19. The van der Waals surface area contributed by atoms with Crippen molar-refractivity contribution in [3.8, 4) is 0 Å². The van der Waals surface area contributed by atoms with Crippen molar-refractivity contribution in [3.05, 3.63) is 11.9 Å². The van der Waals surface area contributed by atoms with Gasteiger partial charge in [-0.3, -0.25) is 5.10 Å². The monoisotopic (exact) mass is 167 g/mol. The van der Waals surface area contributed by atoms with Crippen LogP contribution in [0.2, 0.25) is 0 Å². The van der Waals surface area contributed by atoms with E-state index in [2.05, 4.69) is 15.4 Å². The second-order valence-electron chi connectivity index (χ2n) is 1.40. The molecule has 0 fully saturated rings. The van der Waals surface area contributed by atoms with E-state index in [0.717, 1.165) is 12.1 Å². The molecule has 52 valence electrons. The molecule has 0 saturated heterocycles. The van der Waals surface area contributed by atoms with Crippen molar-refractivity contribution in [2.24, 2.45) is 0 Å². The number of rotatable bonds is 2. The van der Waals surface area contributed by atoms with Gasteiger partial charge in [0.25, 0.3) is 0 Å². The van der Waals surface area contributed by atoms with Crippen LogP contribution in [0.25, 0.3) is 0 Å². The molecule has 1 rings (SSSR count). The van der Waals surface area contributed by atoms with Gasteiger partial charge in [0.15, 0.2) is 0 Å². The molecule has 3 nitrogen and oxygen atoms in total. The summed E-state index contributed by atoms with van der Waals surface area (Å²) >= 11 is 5.41. The molecule has 0 radical (unpaired) electrons. The van der Waals surface area contributed by atoms with Crippen molar-refractivity contribution in [1.29, 1.82) is 0 Å². The van der Waals surface area contributed by atoms with E-state index in [1.807, 2.05) is 0 Å². The second kappa shape index (κ2) is 4.58. The smallest absolute Gasteiger partial charge is 0.0836 e. The zero-order chi connectivity index (χ0) is 5.82. The van der Waals surface area contributed by atoms with E-state index in [1.165, 1.54) is 0 Å². The van der Waals surface area contributed by atoms with Crippen LogP contribution < -0.4 is 0 Å². The molecular weight excluding hydrogens is 161 g/mol. The Bertz CT molecular complexity index is 140. The first-order valence-electron chi connectivity index (χ1n) is 2.35. The van der Waals surface area contributed by atoms with Gasteiger partial charge in [0, 0.05) is 18.5 Å². The summed E-state index contributed by atoms with van der Waals surface area (Å²) in [6, 6.07) is 0. The molecule has 9 heavy (non-hydrogen) atoms. The van der Waals surface area contributed by atoms with E-state index in [9.17, 15) is 0 Å². The highest BCUT2D eigenvalue weighted by atomic mass is 35.5. The molecule has 0 spiro atoms. The van der Waals surface area contributed by atoms with Crippen molar-refractivity contribution < 1.29 is 0 Å². The molecule has 0 aliphatic carbocycles. The van der Waals surface area contributed by atoms with E-state index < -0.39 is 0 Å². The topological polar surface area (TPSA) is 41.6 Å². The van der Waals surface area contributed by atoms with Crippen molar-refractivity contribution in [3.63, 3.8) is 0 Å². The standard InChI is InChI=1S/C4H6ClN3.ClH/c5-2-1-4-3-6-8-7-4;/h3H,1-2H2,(H,6,7,8);1H. The Balaban J connectivity index is 0.000000640. The van der Waals surface area contributed by atoms with E-state index in [-0.39, 0.29) is 12.4 Å². The molecule has 0 unspecified atom stereocenters. The molecule has 0 aliphatic heterocycles. The fourth-order valence-electron chi connectivity index (χ4n) is 0.444. The zero-order valence-corrected chi connectivity index (χ0v) is 6.24. The third-order valence-corrected chi connectivity index (χ3v) is 1.01. The predicted molar refractivity (Wildman–Crippen MR) is 38.1 cm³/mol. The van der Waals surface area contributed by atoms with Crippen LogP contribution in [0.15, 0.2) is 6.20 Å². The lowest BCUT2D eigenvalue weighted by Gasteiger charge is -1.81. The summed E-state index contributed by atoms with van der Waals surface area (Å²) in [5.74, 6) is 0.604. The maximum Gasteiger partial charge on any atom is 0.0836 e. The molecule has 0 bridgehead atoms. The van der Waals surface area contributed by atoms with Crippen molar-refractivity contribution in [2.75, 3.05) is 5.88 Å². The van der Waals surface area contributed by atoms with Crippen LogP contribution in [0.3, 0.4) is 0 Å². The second-order valence-corrected chi connectivity index (χ2v) is 1.78. The van der Waals surface area contributed by atoms with Gasteiger partial charge in [-0.15, -0.1) is 29.1 Å². The van der Waals surface area contributed by atoms with Crippen LogP contribution in [0, 0.1) is 0 Å². The van der Waals surface area contributed by atoms with Crippen LogP contribution in [-0.2, 0) is 6.42 Å². The molecule has 5 heteroatoms. The van der Waals surface area contributed by atoms with Gasteiger partial charge in [-0.05, 0) is 0 Å². The van der Waals surface area contributed by atoms with Crippen LogP contribution in [0.4, 0.5) is 0 Å². The number of nitrogens with zero attached hydrogens (tertiary/aromatic N) is 2. The van der Waals surface area contributed by atoms with E-state index in [1.54, 1.807) is 6.20 Å². The van der Waals surface area contributed by atoms with Gasteiger partial charge in [-0.1, -0.05) is 5.21 Å². The minimum atomic E-state index is 0. The maximum absolute atomic E-state index is 5.41. The quantitative estimate of drug-likeness (QED) is 0.669. The largest absolute Gasteiger partial charge is 0.265 e. The number of halogens is 2. The minimum absolute atomic E-state index is 0. The fraction of sp³-hybridized carbons (Fsp3) is 0.500. The van der Waals surface area contributed by atoms with Crippen LogP contribution in [0.1, 0.15) is 5.69 Å². The Kier molecular flexibility index (Phi) is 4.44. The summed E-state index contributed by atoms with van der Waals surface area (Å²) in [4.78, 5) is 0. The van der Waals surface area contributed by atoms with Crippen LogP contribution in [0.5, 0.6) is 0 Å². The first-order chi connectivity index (χ1) is 3.93. The maximum atomic E-state index is 5.41. The predicted octanol–water partition coefficient (Wildman–Crippen LogP) is 1.01. The number of aryl methyl sites for hydroxylation is 1. The Morgan fingerprint density at radius 2 is 2.44 bits per heavy atom. The molecule has 1 aromatic rings. The fourth-order valence-corrected chi connectivity index (χ4v) is 0.638. The van der Waals surface area contributed by atoms with Crippen LogP contribution in [-0.4, -0.2) is 21.3 Å². The Morgan fingerprint density at radius 1 is 1.67 bits per heavy atom. The number of nitrogens with one attached hydrogen (secondary N) is 1. The number of H-pyrrole nitrogens is 1. The van der Waals surface area contributed by atoms with Gasteiger partial charge in [-0.2, -0.15) is 0 Å². The molecule has 1 N–H and O–H groups in total. The third kappa shape index (κ3) is 2.67. The molecule has 1 heterocycles. The highest BCUT2D eigenvalue weighted by Crippen LogP contribution is 1.90. The molecule has 0 atom stereocenters. The van der Waals surface area contributed by atoms with Gasteiger partial charge in [0.2, 0.25) is 0 Å². The molecule has 0 aromatic carbocycles. The van der Waals surface area contributed by atoms with Gasteiger partial charge in [0.05, 0.1) is 5.69 Å². The number of hydrogen-bond acceptors (Lipinski definition) is 2. The first-order valence-corrected chi connectivity index (χ1v) is 2.88. The van der Waals surface area contributed by atoms with E-state index >= 15 is 0 Å². The molecule has 1 aromatic heterocycles. The Labute approximate surface area is 64.2 Å². The van der Waals surface area contributed by atoms with Crippen molar-refractivity contribution >= 4 is 24.0 Å². The summed E-state index contributed by atoms with van der Waals surface area (Å²) in [5, 5.41) is 9.82. The molecule has 0 saturated carbocycles. The number of aromatic nitrogens is 3. The lowest BCUT2D eigenvalue weighted by Crippen LogP contribution is -1.84. The summed E-state index contributed by atoms with van der Waals surface area (Å²) < 4.78 is 0. The molecule has 0 aliphatic rings. The van der Waals surface area contributed by atoms with Gasteiger partial charge in [-0.25, -0.2) is 0 Å². The van der Waals surface area contributed by atoms with Crippen molar-refractivity contribution in [2.45, 2.75) is 6.42 Å². The SMILES string of the molecule is Cl.ClCCc1c[nH]nn1. The molecule has 0 amide bonds. The molecular formula is C4H7Cl2N3. The summed E-state index contributed by atoms with van der Waals surface area (Å²) in [6.07, 6.45) is 2.53. The lowest BCUT2D eigenvalue weighted by molar-refractivity contribution is 0.909. The van der Waals surface area contributed by atoms with Gasteiger partial charge < -0.3 is 0 Å². The lowest BCUT2D eigenvalue weighted by atomic mass is 10.4. The normalized spacial score (nSPS) is 8.56. The number of alkyl halides is 1. The minimum Gasteiger partial charge on any atom is -0.265 e. The van der Waals surface area contributed by atoms with Gasteiger partial charge in [0.1, 0.15) is 0 Å². The Hall–Kier alpha value is -0.280. The van der Waals surface area contributed by atoms with E-state index in [4.69, 9.17) is 11.6 Å². The van der Waals surface area contributed by atoms with Gasteiger partial charge >= 0.3 is 0 Å². The summed E-state index contributed by atoms with van der Waals surface area (Å²) in [6.45, 7) is 0. The highest BCUT2D eigenvalue weighted by Gasteiger charge is 1.90. The zero-order valence-electron chi connectivity index (χ0n) is 4.67. The average molecular weight is 168 g/mol.